The summed E-state index contributed by atoms with van der Waals surface area (Å²) in [5.74, 6) is 0. The first-order chi connectivity index (χ1) is 7.75. The molecule has 1 heterocycles. The molecule has 2 rings (SSSR count). The van der Waals surface area contributed by atoms with Gasteiger partial charge in [0.2, 0.25) is 0 Å². The predicted octanol–water partition coefficient (Wildman–Crippen LogP) is 2.67. The van der Waals surface area contributed by atoms with E-state index in [1.54, 1.807) is 0 Å². The van der Waals surface area contributed by atoms with E-state index in [2.05, 4.69) is 4.98 Å². The molecule has 2 heteroatoms. The summed E-state index contributed by atoms with van der Waals surface area (Å²) in [7, 11) is 0. The van der Waals surface area contributed by atoms with Gasteiger partial charge in [0.1, 0.15) is 0 Å². The first kappa shape index (κ1) is 10.8. The zero-order valence-corrected chi connectivity index (χ0v) is 9.30. The minimum atomic E-state index is -0.476. The van der Waals surface area contributed by atoms with Crippen molar-refractivity contribution < 1.29 is 5.11 Å². The lowest BCUT2D eigenvalue weighted by molar-refractivity contribution is 0.177. The molecule has 0 saturated carbocycles. The molecule has 0 aliphatic heterocycles. The molecule has 0 aliphatic rings. The molecule has 2 nitrogen and oxygen atoms in total. The van der Waals surface area contributed by atoms with Gasteiger partial charge in [-0.1, -0.05) is 36.4 Å². The number of hydrogen-bond donors (Lipinski definition) is 1. The van der Waals surface area contributed by atoms with Crippen LogP contribution in [0.15, 0.2) is 48.5 Å². The Morgan fingerprint density at radius 3 is 2.50 bits per heavy atom. The maximum absolute atomic E-state index is 10.0. The van der Waals surface area contributed by atoms with Crippen LogP contribution >= 0.6 is 0 Å². The number of pyridine rings is 1. The van der Waals surface area contributed by atoms with E-state index in [1.165, 1.54) is 0 Å². The van der Waals surface area contributed by atoms with Crippen LogP contribution in [0.2, 0.25) is 0 Å². The van der Waals surface area contributed by atoms with E-state index in [0.717, 1.165) is 17.0 Å². The van der Waals surface area contributed by atoms with E-state index in [-0.39, 0.29) is 0 Å². The van der Waals surface area contributed by atoms with Crippen molar-refractivity contribution in [1.29, 1.82) is 0 Å². The van der Waals surface area contributed by atoms with E-state index < -0.39 is 6.10 Å². The normalized spacial score (nSPS) is 12.4. The molecule has 0 aliphatic carbocycles. The second-order valence-electron chi connectivity index (χ2n) is 3.90. The average Bonchev–Trinajstić information content (AvgIpc) is 2.30. The van der Waals surface area contributed by atoms with Crippen molar-refractivity contribution in [3.8, 4) is 0 Å². The molecule has 2 aromatic rings. The van der Waals surface area contributed by atoms with Crippen molar-refractivity contribution in [2.45, 2.75) is 19.4 Å². The van der Waals surface area contributed by atoms with Crippen molar-refractivity contribution in [3.05, 3.63) is 65.5 Å². The number of hydrogen-bond acceptors (Lipinski definition) is 2. The first-order valence-electron chi connectivity index (χ1n) is 5.41. The van der Waals surface area contributed by atoms with Gasteiger partial charge in [0, 0.05) is 17.8 Å². The number of aliphatic hydroxyl groups is 1. The van der Waals surface area contributed by atoms with Crippen LogP contribution in [0, 0.1) is 6.92 Å². The number of aliphatic hydroxyl groups excluding tert-OH is 1. The Labute approximate surface area is 95.6 Å². The molecular weight excluding hydrogens is 198 g/mol. The maximum atomic E-state index is 10.0. The Bertz CT molecular complexity index is 453. The zero-order valence-electron chi connectivity index (χ0n) is 9.30. The third kappa shape index (κ3) is 2.67. The average molecular weight is 213 g/mol. The number of rotatable bonds is 3. The van der Waals surface area contributed by atoms with Crippen LogP contribution in [-0.4, -0.2) is 10.1 Å². The monoisotopic (exact) mass is 213 g/mol. The predicted molar refractivity (Wildman–Crippen MR) is 64.1 cm³/mol. The SMILES string of the molecule is Cc1cccc(CC(O)c2ccccc2)n1. The molecule has 1 atom stereocenters. The highest BCUT2D eigenvalue weighted by molar-refractivity contribution is 5.20. The van der Waals surface area contributed by atoms with Crippen molar-refractivity contribution in [2.24, 2.45) is 0 Å². The fourth-order valence-corrected chi connectivity index (χ4v) is 1.70. The standard InChI is InChI=1S/C14H15NO/c1-11-6-5-9-13(15-11)10-14(16)12-7-3-2-4-8-12/h2-9,14,16H,10H2,1H3. The van der Waals surface area contributed by atoms with E-state index in [1.807, 2.05) is 55.5 Å². The summed E-state index contributed by atoms with van der Waals surface area (Å²) in [6.07, 6.45) is 0.0848. The van der Waals surface area contributed by atoms with Gasteiger partial charge in [-0.2, -0.15) is 0 Å². The van der Waals surface area contributed by atoms with E-state index >= 15 is 0 Å². The molecule has 0 bridgehead atoms. The topological polar surface area (TPSA) is 33.1 Å². The summed E-state index contributed by atoms with van der Waals surface area (Å²) >= 11 is 0. The van der Waals surface area contributed by atoms with Crippen molar-refractivity contribution in [1.82, 2.24) is 4.98 Å². The summed E-state index contributed by atoms with van der Waals surface area (Å²) < 4.78 is 0. The summed E-state index contributed by atoms with van der Waals surface area (Å²) in [6, 6.07) is 15.5. The minimum absolute atomic E-state index is 0.476. The second-order valence-corrected chi connectivity index (χ2v) is 3.90. The molecule has 1 aromatic heterocycles. The lowest BCUT2D eigenvalue weighted by atomic mass is 10.0. The minimum Gasteiger partial charge on any atom is -0.388 e. The van der Waals surface area contributed by atoms with E-state index in [0.29, 0.717) is 6.42 Å². The molecule has 0 amide bonds. The molecule has 1 aromatic carbocycles. The fourth-order valence-electron chi connectivity index (χ4n) is 1.70. The molecule has 82 valence electrons. The quantitative estimate of drug-likeness (QED) is 0.850. The smallest absolute Gasteiger partial charge is 0.0845 e. The molecule has 0 fully saturated rings. The van der Waals surface area contributed by atoms with Crippen molar-refractivity contribution in [3.63, 3.8) is 0 Å². The second kappa shape index (κ2) is 4.90. The third-order valence-corrected chi connectivity index (χ3v) is 2.53. The van der Waals surface area contributed by atoms with Gasteiger partial charge in [0.15, 0.2) is 0 Å². The van der Waals surface area contributed by atoms with Crippen LogP contribution < -0.4 is 0 Å². The number of aromatic nitrogens is 1. The lowest BCUT2D eigenvalue weighted by Gasteiger charge is -2.10. The lowest BCUT2D eigenvalue weighted by Crippen LogP contribution is -2.03. The summed E-state index contributed by atoms with van der Waals surface area (Å²) in [6.45, 7) is 1.96. The highest BCUT2D eigenvalue weighted by Gasteiger charge is 2.08. The Balaban J connectivity index is 2.11. The molecule has 0 spiro atoms. The van der Waals surface area contributed by atoms with Crippen LogP contribution in [0.4, 0.5) is 0 Å². The maximum Gasteiger partial charge on any atom is 0.0845 e. The Hall–Kier alpha value is -1.67. The highest BCUT2D eigenvalue weighted by Crippen LogP contribution is 2.16. The molecular formula is C14H15NO. The summed E-state index contributed by atoms with van der Waals surface area (Å²) in [4.78, 5) is 4.38. The highest BCUT2D eigenvalue weighted by atomic mass is 16.3. The number of nitrogens with zero attached hydrogens (tertiary/aromatic N) is 1. The van der Waals surface area contributed by atoms with Gasteiger partial charge in [-0.25, -0.2) is 0 Å². The zero-order chi connectivity index (χ0) is 11.4. The van der Waals surface area contributed by atoms with Gasteiger partial charge in [-0.05, 0) is 24.6 Å². The number of benzene rings is 1. The summed E-state index contributed by atoms with van der Waals surface area (Å²) in [5, 5.41) is 10.0. The Morgan fingerprint density at radius 1 is 1.06 bits per heavy atom. The van der Waals surface area contributed by atoms with Crippen molar-refractivity contribution in [2.75, 3.05) is 0 Å². The van der Waals surface area contributed by atoms with E-state index in [9.17, 15) is 5.11 Å². The number of aryl methyl sites for hydroxylation is 1. The molecule has 1 unspecified atom stereocenters. The molecule has 16 heavy (non-hydrogen) atoms. The van der Waals surface area contributed by atoms with Crippen LogP contribution in [0.1, 0.15) is 23.1 Å². The van der Waals surface area contributed by atoms with Crippen LogP contribution in [-0.2, 0) is 6.42 Å². The van der Waals surface area contributed by atoms with Crippen LogP contribution in [0.3, 0.4) is 0 Å². The van der Waals surface area contributed by atoms with Gasteiger partial charge in [0.05, 0.1) is 6.10 Å². The molecule has 1 N–H and O–H groups in total. The third-order valence-electron chi connectivity index (χ3n) is 2.53. The summed E-state index contributed by atoms with van der Waals surface area (Å²) in [5.41, 5.74) is 2.85. The largest absolute Gasteiger partial charge is 0.388 e. The molecule has 0 radical (unpaired) electrons. The van der Waals surface area contributed by atoms with E-state index in [4.69, 9.17) is 0 Å². The van der Waals surface area contributed by atoms with Gasteiger partial charge in [-0.3, -0.25) is 4.98 Å². The van der Waals surface area contributed by atoms with Gasteiger partial charge >= 0.3 is 0 Å². The Kier molecular flexibility index (Phi) is 3.32. The Morgan fingerprint density at radius 2 is 1.81 bits per heavy atom. The van der Waals surface area contributed by atoms with Crippen LogP contribution in [0.25, 0.3) is 0 Å². The fraction of sp³-hybridized carbons (Fsp3) is 0.214. The first-order valence-corrected chi connectivity index (χ1v) is 5.41. The van der Waals surface area contributed by atoms with Crippen molar-refractivity contribution >= 4 is 0 Å². The van der Waals surface area contributed by atoms with Gasteiger partial charge in [0.25, 0.3) is 0 Å². The molecule has 0 saturated heterocycles. The van der Waals surface area contributed by atoms with Gasteiger partial charge in [-0.15, -0.1) is 0 Å². The van der Waals surface area contributed by atoms with Crippen LogP contribution in [0.5, 0.6) is 0 Å². The van der Waals surface area contributed by atoms with Gasteiger partial charge < -0.3 is 5.11 Å².